The summed E-state index contributed by atoms with van der Waals surface area (Å²) >= 11 is 6.74. The van der Waals surface area contributed by atoms with E-state index >= 15 is 0 Å². The molecule has 114 valence electrons. The Balaban J connectivity index is 1.89. The van der Waals surface area contributed by atoms with Gasteiger partial charge in [-0.1, -0.05) is 12.5 Å². The Morgan fingerprint density at radius 3 is 2.52 bits per heavy atom. The molecule has 1 saturated carbocycles. The molecular formula is C14H16Br2N2O3. The van der Waals surface area contributed by atoms with Gasteiger partial charge in [-0.05, 0) is 62.8 Å². The van der Waals surface area contributed by atoms with E-state index in [0.717, 1.165) is 21.8 Å². The molecule has 0 aliphatic heterocycles. The maximum Gasteiger partial charge on any atom is 0.319 e. The number of benzene rings is 1. The van der Waals surface area contributed by atoms with Crippen molar-refractivity contribution >= 4 is 49.5 Å². The lowest BCUT2D eigenvalue weighted by Gasteiger charge is -2.17. The van der Waals surface area contributed by atoms with Crippen molar-refractivity contribution in [3.63, 3.8) is 0 Å². The van der Waals surface area contributed by atoms with Gasteiger partial charge in [0.15, 0.2) is 0 Å². The van der Waals surface area contributed by atoms with Crippen LogP contribution in [0.15, 0.2) is 27.1 Å². The second kappa shape index (κ2) is 7.26. The SMILES string of the molecule is O=C(NCC1CCCC1C(=O)O)Nc1c(Br)cccc1Br. The van der Waals surface area contributed by atoms with E-state index < -0.39 is 5.97 Å². The lowest BCUT2D eigenvalue weighted by Crippen LogP contribution is -2.35. The highest BCUT2D eigenvalue weighted by Gasteiger charge is 2.32. The van der Waals surface area contributed by atoms with E-state index in [1.165, 1.54) is 0 Å². The number of carbonyl (C=O) groups excluding carboxylic acids is 1. The van der Waals surface area contributed by atoms with Crippen LogP contribution in [0.5, 0.6) is 0 Å². The second-order valence-corrected chi connectivity index (χ2v) is 6.78. The number of aliphatic carboxylic acids is 1. The Labute approximate surface area is 139 Å². The van der Waals surface area contributed by atoms with Crippen LogP contribution in [0.2, 0.25) is 0 Å². The number of carbonyl (C=O) groups is 2. The minimum absolute atomic E-state index is 0.0101. The number of halogens is 2. The Morgan fingerprint density at radius 2 is 1.90 bits per heavy atom. The van der Waals surface area contributed by atoms with Gasteiger partial charge < -0.3 is 15.7 Å². The first kappa shape index (κ1) is 16.3. The predicted molar refractivity (Wildman–Crippen MR) is 87.3 cm³/mol. The molecule has 2 amide bonds. The number of anilines is 1. The van der Waals surface area contributed by atoms with Crippen LogP contribution in [0.25, 0.3) is 0 Å². The van der Waals surface area contributed by atoms with Crippen molar-refractivity contribution in [3.8, 4) is 0 Å². The van der Waals surface area contributed by atoms with Gasteiger partial charge in [-0.15, -0.1) is 0 Å². The van der Waals surface area contributed by atoms with Gasteiger partial charge in [0.2, 0.25) is 0 Å². The van der Waals surface area contributed by atoms with Gasteiger partial charge in [-0.2, -0.15) is 0 Å². The van der Waals surface area contributed by atoms with Crippen LogP contribution in [0.4, 0.5) is 10.5 Å². The Kier molecular flexibility index (Phi) is 5.64. The van der Waals surface area contributed by atoms with Crippen LogP contribution in [0.3, 0.4) is 0 Å². The lowest BCUT2D eigenvalue weighted by molar-refractivity contribution is -0.142. The number of urea groups is 1. The Morgan fingerprint density at radius 1 is 1.24 bits per heavy atom. The summed E-state index contributed by atoms with van der Waals surface area (Å²) in [5.74, 6) is -1.11. The fourth-order valence-corrected chi connectivity index (χ4v) is 3.80. The summed E-state index contributed by atoms with van der Waals surface area (Å²) in [7, 11) is 0. The molecule has 0 radical (unpaired) electrons. The molecule has 0 aromatic heterocycles. The summed E-state index contributed by atoms with van der Waals surface area (Å²) < 4.78 is 1.55. The van der Waals surface area contributed by atoms with Gasteiger partial charge in [0.05, 0.1) is 11.6 Å². The van der Waals surface area contributed by atoms with Gasteiger partial charge in [0.1, 0.15) is 0 Å². The molecule has 0 saturated heterocycles. The third-order valence-electron chi connectivity index (χ3n) is 3.70. The zero-order valence-corrected chi connectivity index (χ0v) is 14.4. The van der Waals surface area contributed by atoms with E-state index in [1.807, 2.05) is 18.2 Å². The molecule has 1 aliphatic rings. The standard InChI is InChI=1S/C14H16Br2N2O3/c15-10-5-2-6-11(16)12(10)18-14(21)17-7-8-3-1-4-9(8)13(19)20/h2,5-6,8-9H,1,3-4,7H2,(H,19,20)(H2,17,18,21). The maximum absolute atomic E-state index is 11.9. The van der Waals surface area contributed by atoms with Crippen LogP contribution >= 0.6 is 31.9 Å². The lowest BCUT2D eigenvalue weighted by atomic mass is 9.96. The van der Waals surface area contributed by atoms with Crippen molar-refractivity contribution in [2.75, 3.05) is 11.9 Å². The summed E-state index contributed by atoms with van der Waals surface area (Å²) in [5.41, 5.74) is 0.649. The van der Waals surface area contributed by atoms with Crippen LogP contribution in [-0.4, -0.2) is 23.7 Å². The summed E-state index contributed by atoms with van der Waals surface area (Å²) in [6, 6.07) is 5.18. The van der Waals surface area contributed by atoms with E-state index in [2.05, 4.69) is 42.5 Å². The number of nitrogens with one attached hydrogen (secondary N) is 2. The zero-order chi connectivity index (χ0) is 15.4. The first-order valence-electron chi connectivity index (χ1n) is 6.70. The quantitative estimate of drug-likeness (QED) is 0.693. The van der Waals surface area contributed by atoms with Gasteiger partial charge in [-0.25, -0.2) is 4.79 Å². The molecule has 2 rings (SSSR count). The number of para-hydroxylation sites is 1. The van der Waals surface area contributed by atoms with E-state index in [4.69, 9.17) is 5.11 Å². The van der Waals surface area contributed by atoms with Crippen molar-refractivity contribution in [2.45, 2.75) is 19.3 Å². The molecule has 3 N–H and O–H groups in total. The number of carboxylic acids is 1. The molecule has 21 heavy (non-hydrogen) atoms. The fraction of sp³-hybridized carbons (Fsp3) is 0.429. The van der Waals surface area contributed by atoms with E-state index in [0.29, 0.717) is 18.7 Å². The van der Waals surface area contributed by atoms with Crippen LogP contribution in [-0.2, 0) is 4.79 Å². The average Bonchev–Trinajstić information content (AvgIpc) is 2.89. The molecule has 1 aromatic rings. The third-order valence-corrected chi connectivity index (χ3v) is 5.02. The number of carboxylic acid groups (broad SMARTS) is 1. The van der Waals surface area contributed by atoms with Crippen LogP contribution in [0.1, 0.15) is 19.3 Å². The monoisotopic (exact) mass is 418 g/mol. The first-order valence-corrected chi connectivity index (χ1v) is 8.29. The summed E-state index contributed by atoms with van der Waals surface area (Å²) in [5, 5.41) is 14.6. The topological polar surface area (TPSA) is 78.4 Å². The summed E-state index contributed by atoms with van der Waals surface area (Å²) in [6.07, 6.45) is 2.44. The molecule has 0 spiro atoms. The first-order chi connectivity index (χ1) is 9.99. The molecular weight excluding hydrogens is 404 g/mol. The molecule has 1 fully saturated rings. The van der Waals surface area contributed by atoms with Crippen LogP contribution in [0, 0.1) is 11.8 Å². The fourth-order valence-electron chi connectivity index (χ4n) is 2.61. The highest BCUT2D eigenvalue weighted by molar-refractivity contribution is 9.11. The average molecular weight is 420 g/mol. The van der Waals surface area contributed by atoms with Crippen molar-refractivity contribution in [2.24, 2.45) is 11.8 Å². The molecule has 2 atom stereocenters. The second-order valence-electron chi connectivity index (χ2n) is 5.07. The van der Waals surface area contributed by atoms with Crippen molar-refractivity contribution in [1.82, 2.24) is 5.32 Å². The molecule has 0 bridgehead atoms. The van der Waals surface area contributed by atoms with E-state index in [-0.39, 0.29) is 17.9 Å². The van der Waals surface area contributed by atoms with Crippen molar-refractivity contribution in [1.29, 1.82) is 0 Å². The molecule has 5 nitrogen and oxygen atoms in total. The molecule has 1 aromatic carbocycles. The summed E-state index contributed by atoms with van der Waals surface area (Å²) in [6.45, 7) is 0.380. The van der Waals surface area contributed by atoms with E-state index in [1.54, 1.807) is 0 Å². The third kappa shape index (κ3) is 4.20. The molecule has 7 heteroatoms. The Bertz CT molecular complexity index is 531. The van der Waals surface area contributed by atoms with Gasteiger partial charge >= 0.3 is 12.0 Å². The predicted octanol–water partition coefficient (Wildman–Crippen LogP) is 3.83. The van der Waals surface area contributed by atoms with Crippen molar-refractivity contribution < 1.29 is 14.7 Å². The zero-order valence-electron chi connectivity index (χ0n) is 11.2. The minimum atomic E-state index is -0.770. The van der Waals surface area contributed by atoms with Crippen molar-refractivity contribution in [3.05, 3.63) is 27.1 Å². The number of rotatable bonds is 4. The minimum Gasteiger partial charge on any atom is -0.481 e. The number of amides is 2. The highest BCUT2D eigenvalue weighted by Crippen LogP contribution is 2.32. The van der Waals surface area contributed by atoms with Gasteiger partial charge in [0, 0.05) is 15.5 Å². The molecule has 0 heterocycles. The van der Waals surface area contributed by atoms with Gasteiger partial charge in [-0.3, -0.25) is 4.79 Å². The van der Waals surface area contributed by atoms with Gasteiger partial charge in [0.25, 0.3) is 0 Å². The summed E-state index contributed by atoms with van der Waals surface area (Å²) in [4.78, 5) is 23.0. The smallest absolute Gasteiger partial charge is 0.319 e. The largest absolute Gasteiger partial charge is 0.481 e. The number of hydrogen-bond donors (Lipinski definition) is 3. The molecule has 2 unspecified atom stereocenters. The molecule has 1 aliphatic carbocycles. The Hall–Kier alpha value is -1.08. The maximum atomic E-state index is 11.9. The normalized spacial score (nSPS) is 21.0. The highest BCUT2D eigenvalue weighted by atomic mass is 79.9. The van der Waals surface area contributed by atoms with Crippen LogP contribution < -0.4 is 10.6 Å². The number of hydrogen-bond acceptors (Lipinski definition) is 2. The van der Waals surface area contributed by atoms with E-state index in [9.17, 15) is 9.59 Å².